The maximum absolute atomic E-state index is 14.1. The van der Waals surface area contributed by atoms with E-state index in [0.717, 1.165) is 0 Å². The zero-order chi connectivity index (χ0) is 22.6. The van der Waals surface area contributed by atoms with E-state index in [-0.39, 0.29) is 46.1 Å². The van der Waals surface area contributed by atoms with Crippen molar-refractivity contribution in [2.24, 2.45) is 0 Å². The zero-order valence-corrected chi connectivity index (χ0v) is 21.1. The second-order valence-corrected chi connectivity index (χ2v) is 12.9. The lowest BCUT2D eigenvalue weighted by atomic mass is 10.3. The summed E-state index contributed by atoms with van der Waals surface area (Å²) in [5.74, 6) is 0. The summed E-state index contributed by atoms with van der Waals surface area (Å²) in [5, 5.41) is 0. The SMILES string of the molecule is C=CCC(CP(=O)(OCC)OCC)(P(=O)(OCC)OCC)P(=O)(OCC)OCC. The van der Waals surface area contributed by atoms with Gasteiger partial charge < -0.3 is 27.1 Å². The van der Waals surface area contributed by atoms with E-state index in [9.17, 15) is 13.7 Å². The summed E-state index contributed by atoms with van der Waals surface area (Å²) in [4.78, 5) is -1.96. The van der Waals surface area contributed by atoms with Crippen LogP contribution in [-0.2, 0) is 40.8 Å². The van der Waals surface area contributed by atoms with E-state index in [0.29, 0.717) is 0 Å². The van der Waals surface area contributed by atoms with Gasteiger partial charge in [-0.15, -0.1) is 6.58 Å². The standard InChI is InChI=1S/C17H37O9P3/c1-8-15-17(28(19,23-11-4)24-12-5,29(20,25-13-6)26-14-7)16-27(18,21-9-2)22-10-3/h8H,1,9-16H2,2-7H3. The summed E-state index contributed by atoms with van der Waals surface area (Å²) in [5.41, 5.74) is 0. The largest absolute Gasteiger partial charge is 0.349 e. The molecule has 0 spiro atoms. The summed E-state index contributed by atoms with van der Waals surface area (Å²) in [6.07, 6.45) is 0.686. The van der Waals surface area contributed by atoms with Crippen molar-refractivity contribution in [2.75, 3.05) is 45.8 Å². The molecule has 0 aliphatic rings. The van der Waals surface area contributed by atoms with Crippen LogP contribution in [0.15, 0.2) is 12.7 Å². The lowest BCUT2D eigenvalue weighted by Gasteiger charge is -2.42. The third-order valence-electron chi connectivity index (χ3n) is 3.79. The van der Waals surface area contributed by atoms with Crippen molar-refractivity contribution in [3.05, 3.63) is 12.7 Å². The van der Waals surface area contributed by atoms with Crippen LogP contribution >= 0.6 is 22.8 Å². The summed E-state index contributed by atoms with van der Waals surface area (Å²) < 4.78 is 74.6. The van der Waals surface area contributed by atoms with Gasteiger partial charge in [0.25, 0.3) is 0 Å². The molecular formula is C17H37O9P3. The predicted octanol–water partition coefficient (Wildman–Crippen LogP) is 6.06. The van der Waals surface area contributed by atoms with Crippen LogP contribution in [0.4, 0.5) is 0 Å². The Kier molecular flexibility index (Phi) is 13.7. The molecule has 0 saturated heterocycles. The van der Waals surface area contributed by atoms with Crippen molar-refractivity contribution < 1.29 is 40.8 Å². The minimum Gasteiger partial charge on any atom is -0.309 e. The monoisotopic (exact) mass is 478 g/mol. The second-order valence-electron chi connectivity index (χ2n) is 5.75. The Morgan fingerprint density at radius 2 is 0.966 bits per heavy atom. The molecule has 0 bridgehead atoms. The molecule has 0 aromatic rings. The fourth-order valence-electron chi connectivity index (χ4n) is 2.91. The van der Waals surface area contributed by atoms with Gasteiger partial charge in [0.05, 0.1) is 45.8 Å². The Morgan fingerprint density at radius 1 is 0.655 bits per heavy atom. The molecule has 0 amide bonds. The van der Waals surface area contributed by atoms with Gasteiger partial charge in [-0.1, -0.05) is 6.08 Å². The van der Waals surface area contributed by atoms with Crippen LogP contribution < -0.4 is 0 Å². The first-order valence-electron chi connectivity index (χ1n) is 9.90. The van der Waals surface area contributed by atoms with Gasteiger partial charge >= 0.3 is 22.8 Å². The van der Waals surface area contributed by atoms with E-state index in [1.54, 1.807) is 41.5 Å². The minimum atomic E-state index is -4.22. The topological polar surface area (TPSA) is 107 Å². The van der Waals surface area contributed by atoms with Gasteiger partial charge in [-0.3, -0.25) is 13.7 Å². The lowest BCUT2D eigenvalue weighted by Crippen LogP contribution is -2.37. The average molecular weight is 478 g/mol. The maximum Gasteiger partial charge on any atom is 0.349 e. The van der Waals surface area contributed by atoms with Crippen LogP contribution in [0.2, 0.25) is 0 Å². The number of allylic oxidation sites excluding steroid dienone is 1. The number of hydrogen-bond acceptors (Lipinski definition) is 9. The summed E-state index contributed by atoms with van der Waals surface area (Å²) in [6.45, 7) is 13.7. The lowest BCUT2D eigenvalue weighted by molar-refractivity contribution is 0.173. The van der Waals surface area contributed by atoms with Gasteiger partial charge in [0.15, 0.2) is 4.90 Å². The molecule has 0 aliphatic heterocycles. The summed E-state index contributed by atoms with van der Waals surface area (Å²) in [7, 11) is -12.3. The molecule has 0 aliphatic carbocycles. The first kappa shape index (κ1) is 29.2. The Bertz CT molecular complexity index is 563. The molecule has 9 nitrogen and oxygen atoms in total. The normalized spacial score (nSPS) is 13.6. The molecule has 0 unspecified atom stereocenters. The summed E-state index contributed by atoms with van der Waals surface area (Å²) in [6, 6.07) is 0. The van der Waals surface area contributed by atoms with Crippen LogP contribution in [0.1, 0.15) is 48.0 Å². The van der Waals surface area contributed by atoms with Gasteiger partial charge in [-0.2, -0.15) is 0 Å². The molecule has 0 aromatic heterocycles. The fourth-order valence-corrected chi connectivity index (χ4v) is 12.2. The third-order valence-corrected chi connectivity index (χ3v) is 13.1. The highest BCUT2D eigenvalue weighted by Crippen LogP contribution is 2.82. The highest BCUT2D eigenvalue weighted by atomic mass is 31.2. The molecule has 0 atom stereocenters. The maximum atomic E-state index is 14.1. The Balaban J connectivity index is 7.01. The highest BCUT2D eigenvalue weighted by Gasteiger charge is 2.67. The van der Waals surface area contributed by atoms with E-state index in [2.05, 4.69) is 6.58 Å². The molecule has 0 rings (SSSR count). The van der Waals surface area contributed by atoms with Crippen molar-refractivity contribution in [2.45, 2.75) is 52.9 Å². The van der Waals surface area contributed by atoms with Gasteiger partial charge in [0, 0.05) is 0 Å². The Labute approximate surface area is 175 Å². The third kappa shape index (κ3) is 7.10. The molecular weight excluding hydrogens is 441 g/mol. The van der Waals surface area contributed by atoms with Gasteiger partial charge in [0.1, 0.15) is 0 Å². The molecule has 0 saturated carbocycles. The van der Waals surface area contributed by atoms with E-state index in [1.807, 2.05) is 0 Å². The molecule has 0 radical (unpaired) electrons. The highest BCUT2D eigenvalue weighted by molar-refractivity contribution is 7.75. The van der Waals surface area contributed by atoms with E-state index in [4.69, 9.17) is 27.1 Å². The number of rotatable bonds is 18. The molecule has 0 fully saturated rings. The quantitative estimate of drug-likeness (QED) is 0.172. The van der Waals surface area contributed by atoms with Crippen molar-refractivity contribution in [1.82, 2.24) is 0 Å². The minimum absolute atomic E-state index is 0.00198. The molecule has 174 valence electrons. The predicted molar refractivity (Wildman–Crippen MR) is 115 cm³/mol. The van der Waals surface area contributed by atoms with Crippen molar-refractivity contribution in [3.63, 3.8) is 0 Å². The van der Waals surface area contributed by atoms with Gasteiger partial charge in [-0.05, 0) is 48.0 Å². The van der Waals surface area contributed by atoms with Crippen molar-refractivity contribution in [1.29, 1.82) is 0 Å². The average Bonchev–Trinajstić information content (AvgIpc) is 2.62. The smallest absolute Gasteiger partial charge is 0.309 e. The first-order chi connectivity index (χ1) is 13.6. The Hall–Kier alpha value is 0.190. The van der Waals surface area contributed by atoms with Gasteiger partial charge in [-0.25, -0.2) is 0 Å². The number of hydrogen-bond donors (Lipinski definition) is 0. The molecule has 29 heavy (non-hydrogen) atoms. The van der Waals surface area contributed by atoms with Crippen LogP contribution in [-0.4, -0.2) is 50.7 Å². The van der Waals surface area contributed by atoms with Crippen molar-refractivity contribution >= 4 is 22.8 Å². The molecule has 0 aromatic carbocycles. The fraction of sp³-hybridized carbons (Fsp3) is 0.882. The summed E-state index contributed by atoms with van der Waals surface area (Å²) >= 11 is 0. The Morgan fingerprint density at radius 3 is 1.21 bits per heavy atom. The van der Waals surface area contributed by atoms with Crippen molar-refractivity contribution in [3.8, 4) is 0 Å². The van der Waals surface area contributed by atoms with E-state index in [1.165, 1.54) is 6.08 Å². The van der Waals surface area contributed by atoms with Crippen LogP contribution in [0.3, 0.4) is 0 Å². The van der Waals surface area contributed by atoms with Crippen LogP contribution in [0, 0.1) is 0 Å². The first-order valence-corrected chi connectivity index (χ1v) is 14.7. The van der Waals surface area contributed by atoms with Crippen LogP contribution in [0.25, 0.3) is 0 Å². The van der Waals surface area contributed by atoms with E-state index >= 15 is 0 Å². The van der Waals surface area contributed by atoms with Crippen LogP contribution in [0.5, 0.6) is 0 Å². The zero-order valence-electron chi connectivity index (χ0n) is 18.5. The molecule has 0 N–H and O–H groups in total. The second kappa shape index (κ2) is 13.6. The van der Waals surface area contributed by atoms with Gasteiger partial charge in [0.2, 0.25) is 0 Å². The molecule has 0 heterocycles. The van der Waals surface area contributed by atoms with E-state index < -0.39 is 33.8 Å². The molecule has 12 heteroatoms.